The molecule has 34 heavy (non-hydrogen) atoms. The molecule has 1 aromatic rings. The Morgan fingerprint density at radius 2 is 1.85 bits per heavy atom. The van der Waals surface area contributed by atoms with Crippen molar-refractivity contribution in [3.05, 3.63) is 29.8 Å². The highest BCUT2D eigenvalue weighted by molar-refractivity contribution is 8.15. The van der Waals surface area contributed by atoms with Crippen LogP contribution < -0.4 is 5.32 Å². The Balaban J connectivity index is 1.28. The first-order chi connectivity index (χ1) is 16.4. The molecule has 0 aromatic heterocycles. The zero-order chi connectivity index (χ0) is 24.1. The van der Waals surface area contributed by atoms with Gasteiger partial charge in [-0.2, -0.15) is 4.99 Å². The minimum absolute atomic E-state index is 0.0497. The standard InChI is InChI=1S/C24H30N4O5S/c1-2-33-23(32)17-6-5-13-28(15-17)22(31)16-7-9-18(10-8-16)25-20(29)14-19-21(30)26-24(34-19)27-11-3-4-12-27/h7-10,17,19H,2-6,11-15H2,1H3,(H,25,29)/t17-,19+/m1/s1. The molecule has 0 radical (unpaired) electrons. The van der Waals surface area contributed by atoms with E-state index in [1.54, 1.807) is 36.1 Å². The van der Waals surface area contributed by atoms with Gasteiger partial charge in [-0.05, 0) is 56.9 Å². The lowest BCUT2D eigenvalue weighted by Gasteiger charge is -2.31. The maximum absolute atomic E-state index is 12.9. The number of hydrogen-bond acceptors (Lipinski definition) is 7. The number of ether oxygens (including phenoxy) is 1. The lowest BCUT2D eigenvalue weighted by molar-refractivity contribution is -0.149. The fourth-order valence-corrected chi connectivity index (χ4v) is 5.54. The summed E-state index contributed by atoms with van der Waals surface area (Å²) in [6.07, 6.45) is 3.72. The van der Waals surface area contributed by atoms with Crippen LogP contribution in [0.15, 0.2) is 29.3 Å². The smallest absolute Gasteiger partial charge is 0.310 e. The van der Waals surface area contributed by atoms with Gasteiger partial charge >= 0.3 is 5.97 Å². The summed E-state index contributed by atoms with van der Waals surface area (Å²) in [7, 11) is 0. The number of carbonyl (C=O) groups excluding carboxylic acids is 4. The molecular weight excluding hydrogens is 456 g/mol. The molecule has 0 spiro atoms. The van der Waals surface area contributed by atoms with Crippen molar-refractivity contribution in [2.45, 2.75) is 44.3 Å². The molecule has 3 amide bonds. The molecule has 0 unspecified atom stereocenters. The largest absolute Gasteiger partial charge is 0.466 e. The second kappa shape index (κ2) is 11.0. The second-order valence-corrected chi connectivity index (χ2v) is 9.88. The Hall–Kier alpha value is -2.88. The minimum atomic E-state index is -0.497. The predicted molar refractivity (Wildman–Crippen MR) is 130 cm³/mol. The van der Waals surface area contributed by atoms with Gasteiger partial charge in [-0.15, -0.1) is 0 Å². The first-order valence-electron chi connectivity index (χ1n) is 11.8. The van der Waals surface area contributed by atoms with E-state index in [1.807, 2.05) is 0 Å². The molecule has 1 N–H and O–H groups in total. The van der Waals surface area contributed by atoms with Crippen molar-refractivity contribution >= 4 is 46.3 Å². The average Bonchev–Trinajstić information content (AvgIpc) is 3.50. The highest BCUT2D eigenvalue weighted by Crippen LogP contribution is 2.29. The van der Waals surface area contributed by atoms with E-state index in [1.165, 1.54) is 11.8 Å². The van der Waals surface area contributed by atoms with Crippen molar-refractivity contribution in [3.8, 4) is 0 Å². The molecule has 2 saturated heterocycles. The number of thioether (sulfide) groups is 1. The maximum atomic E-state index is 12.9. The number of piperidine rings is 1. The van der Waals surface area contributed by atoms with Gasteiger partial charge in [-0.1, -0.05) is 11.8 Å². The van der Waals surface area contributed by atoms with Crippen LogP contribution in [-0.2, 0) is 19.1 Å². The van der Waals surface area contributed by atoms with Gasteiger partial charge in [-0.3, -0.25) is 19.2 Å². The molecule has 1 aromatic carbocycles. The third-order valence-electron chi connectivity index (χ3n) is 6.22. The fraction of sp³-hybridized carbons (Fsp3) is 0.542. The van der Waals surface area contributed by atoms with E-state index < -0.39 is 5.25 Å². The Morgan fingerprint density at radius 1 is 1.12 bits per heavy atom. The van der Waals surface area contributed by atoms with Crippen molar-refractivity contribution in [1.82, 2.24) is 9.80 Å². The van der Waals surface area contributed by atoms with Crippen LogP contribution >= 0.6 is 11.8 Å². The van der Waals surface area contributed by atoms with Gasteiger partial charge in [0.05, 0.1) is 12.5 Å². The summed E-state index contributed by atoms with van der Waals surface area (Å²) in [6.45, 7) is 4.87. The van der Waals surface area contributed by atoms with Crippen LogP contribution in [0.2, 0.25) is 0 Å². The summed E-state index contributed by atoms with van der Waals surface area (Å²) in [6, 6.07) is 6.67. The zero-order valence-corrected chi connectivity index (χ0v) is 20.1. The maximum Gasteiger partial charge on any atom is 0.310 e. The summed E-state index contributed by atoms with van der Waals surface area (Å²) in [5, 5.41) is 3.03. The van der Waals surface area contributed by atoms with E-state index in [2.05, 4.69) is 15.2 Å². The van der Waals surface area contributed by atoms with Crippen LogP contribution in [0.25, 0.3) is 0 Å². The highest BCUT2D eigenvalue weighted by Gasteiger charge is 2.34. The first kappa shape index (κ1) is 24.3. The average molecular weight is 487 g/mol. The SMILES string of the molecule is CCOC(=O)[C@@H]1CCCN(C(=O)c2ccc(NC(=O)C[C@@H]3SC(N4CCCC4)=NC3=O)cc2)C1. The summed E-state index contributed by atoms with van der Waals surface area (Å²) in [5.74, 6) is -1.22. The van der Waals surface area contributed by atoms with E-state index in [-0.39, 0.29) is 36.0 Å². The Morgan fingerprint density at radius 3 is 2.56 bits per heavy atom. The summed E-state index contributed by atoms with van der Waals surface area (Å²) < 4.78 is 5.10. The molecule has 9 nitrogen and oxygen atoms in total. The number of carbonyl (C=O) groups is 4. The molecule has 0 saturated carbocycles. The van der Waals surface area contributed by atoms with Crippen LogP contribution in [0.5, 0.6) is 0 Å². The number of amidine groups is 1. The van der Waals surface area contributed by atoms with Gasteiger partial charge in [-0.25, -0.2) is 0 Å². The molecule has 3 aliphatic rings. The number of anilines is 1. The summed E-state index contributed by atoms with van der Waals surface area (Å²) >= 11 is 1.36. The molecule has 10 heteroatoms. The zero-order valence-electron chi connectivity index (χ0n) is 19.3. The van der Waals surface area contributed by atoms with Crippen molar-refractivity contribution in [3.63, 3.8) is 0 Å². The molecule has 2 atom stereocenters. The number of hydrogen-bond donors (Lipinski definition) is 1. The predicted octanol–water partition coefficient (Wildman–Crippen LogP) is 2.52. The number of nitrogens with one attached hydrogen (secondary N) is 1. The van der Waals surface area contributed by atoms with Gasteiger partial charge in [0.1, 0.15) is 5.25 Å². The van der Waals surface area contributed by atoms with Crippen LogP contribution in [0.3, 0.4) is 0 Å². The fourth-order valence-electron chi connectivity index (χ4n) is 4.43. The number of rotatable bonds is 6. The van der Waals surface area contributed by atoms with Crippen molar-refractivity contribution in [2.75, 3.05) is 38.1 Å². The third kappa shape index (κ3) is 5.78. The van der Waals surface area contributed by atoms with Gasteiger partial charge in [0.2, 0.25) is 5.91 Å². The molecule has 3 aliphatic heterocycles. The topological polar surface area (TPSA) is 108 Å². The van der Waals surface area contributed by atoms with Gasteiger partial charge in [0.15, 0.2) is 5.17 Å². The number of benzene rings is 1. The van der Waals surface area contributed by atoms with Crippen LogP contribution in [0.1, 0.15) is 49.4 Å². The van der Waals surface area contributed by atoms with E-state index in [4.69, 9.17) is 4.74 Å². The van der Waals surface area contributed by atoms with Crippen molar-refractivity contribution < 1.29 is 23.9 Å². The van der Waals surface area contributed by atoms with E-state index >= 15 is 0 Å². The van der Waals surface area contributed by atoms with Crippen LogP contribution in [-0.4, -0.2) is 76.7 Å². The Labute approximate surface area is 203 Å². The third-order valence-corrected chi connectivity index (χ3v) is 7.43. The van der Waals surface area contributed by atoms with E-state index in [0.29, 0.717) is 30.9 Å². The Bertz CT molecular complexity index is 974. The van der Waals surface area contributed by atoms with Crippen LogP contribution in [0.4, 0.5) is 5.69 Å². The van der Waals surface area contributed by atoms with Crippen LogP contribution in [0, 0.1) is 5.92 Å². The molecule has 2 fully saturated rings. The number of aliphatic imine (C=N–C) groups is 1. The molecule has 3 heterocycles. The normalized spacial score (nSPS) is 22.5. The van der Waals surface area contributed by atoms with E-state index in [0.717, 1.165) is 43.9 Å². The minimum Gasteiger partial charge on any atom is -0.466 e. The monoisotopic (exact) mass is 486 g/mol. The van der Waals surface area contributed by atoms with Crippen molar-refractivity contribution in [2.24, 2.45) is 10.9 Å². The summed E-state index contributed by atoms with van der Waals surface area (Å²) in [4.78, 5) is 57.6. The number of likely N-dealkylation sites (tertiary alicyclic amines) is 2. The number of esters is 1. The molecule has 182 valence electrons. The van der Waals surface area contributed by atoms with E-state index in [9.17, 15) is 19.2 Å². The number of amides is 3. The first-order valence-corrected chi connectivity index (χ1v) is 12.7. The van der Waals surface area contributed by atoms with Crippen molar-refractivity contribution in [1.29, 1.82) is 0 Å². The lowest BCUT2D eigenvalue weighted by atomic mass is 9.97. The molecular formula is C24H30N4O5S. The highest BCUT2D eigenvalue weighted by atomic mass is 32.2. The molecule has 0 bridgehead atoms. The van der Waals surface area contributed by atoms with Gasteiger partial charge in [0, 0.05) is 43.9 Å². The molecule has 0 aliphatic carbocycles. The molecule has 4 rings (SSSR count). The summed E-state index contributed by atoms with van der Waals surface area (Å²) in [5.41, 5.74) is 1.05. The van der Waals surface area contributed by atoms with Gasteiger partial charge < -0.3 is 19.9 Å². The Kier molecular flexibility index (Phi) is 7.87. The van der Waals surface area contributed by atoms with Gasteiger partial charge in [0.25, 0.3) is 11.8 Å². The second-order valence-electron chi connectivity index (χ2n) is 8.71. The lowest BCUT2D eigenvalue weighted by Crippen LogP contribution is -2.42. The number of nitrogens with zero attached hydrogens (tertiary/aromatic N) is 3. The quantitative estimate of drug-likeness (QED) is 0.616.